The van der Waals surface area contributed by atoms with Crippen molar-refractivity contribution in [3.8, 4) is 5.75 Å². The van der Waals surface area contributed by atoms with Crippen molar-refractivity contribution in [2.24, 2.45) is 0 Å². The fraction of sp³-hybridized carbons (Fsp3) is 0.0667. The molecule has 0 fully saturated rings. The lowest BCUT2D eigenvalue weighted by atomic mass is 10.1. The molecule has 0 heterocycles. The first kappa shape index (κ1) is 12.0. The second-order valence-corrected chi connectivity index (χ2v) is 3.68. The molecule has 1 radical (unpaired) electrons. The molecule has 0 atom stereocenters. The molecule has 2 rings (SSSR count). The number of carbonyl (C=O) groups is 1. The van der Waals surface area contributed by atoms with E-state index >= 15 is 0 Å². The number of hydrogen-bond acceptors (Lipinski definition) is 3. The smallest absolute Gasteiger partial charge is 0.237 e. The van der Waals surface area contributed by atoms with Crippen LogP contribution in [0, 0.1) is 0 Å². The van der Waals surface area contributed by atoms with Crippen LogP contribution in [0.15, 0.2) is 54.6 Å². The summed E-state index contributed by atoms with van der Waals surface area (Å²) < 4.78 is 5.33. The SMILES string of the molecule is O=[C]c1ccccc1OCC(=O)c1ccccc1. The first-order valence-corrected chi connectivity index (χ1v) is 5.49. The summed E-state index contributed by atoms with van der Waals surface area (Å²) in [6.45, 7) is -0.0945. The third kappa shape index (κ3) is 2.83. The van der Waals surface area contributed by atoms with Crippen molar-refractivity contribution in [2.45, 2.75) is 0 Å². The van der Waals surface area contributed by atoms with Crippen molar-refractivity contribution in [1.29, 1.82) is 0 Å². The van der Waals surface area contributed by atoms with Crippen LogP contribution in [0.5, 0.6) is 5.75 Å². The number of hydrogen-bond donors (Lipinski definition) is 0. The highest BCUT2D eigenvalue weighted by atomic mass is 16.5. The summed E-state index contributed by atoms with van der Waals surface area (Å²) in [5.74, 6) is 0.244. The summed E-state index contributed by atoms with van der Waals surface area (Å²) in [5.41, 5.74) is 0.906. The molecule has 18 heavy (non-hydrogen) atoms. The third-order valence-electron chi connectivity index (χ3n) is 2.45. The van der Waals surface area contributed by atoms with E-state index in [-0.39, 0.29) is 12.4 Å². The van der Waals surface area contributed by atoms with Gasteiger partial charge in [0, 0.05) is 5.56 Å². The maximum atomic E-state index is 11.8. The average molecular weight is 239 g/mol. The van der Waals surface area contributed by atoms with E-state index in [9.17, 15) is 9.59 Å². The Morgan fingerprint density at radius 3 is 2.39 bits per heavy atom. The number of carbonyl (C=O) groups excluding carboxylic acids is 2. The maximum absolute atomic E-state index is 11.8. The molecule has 3 heteroatoms. The lowest BCUT2D eigenvalue weighted by molar-refractivity contribution is 0.0921. The van der Waals surface area contributed by atoms with E-state index in [0.29, 0.717) is 16.9 Å². The van der Waals surface area contributed by atoms with E-state index in [0.717, 1.165) is 0 Å². The van der Waals surface area contributed by atoms with Crippen molar-refractivity contribution in [2.75, 3.05) is 6.61 Å². The Balaban J connectivity index is 2.04. The van der Waals surface area contributed by atoms with Crippen molar-refractivity contribution < 1.29 is 14.3 Å². The van der Waals surface area contributed by atoms with Gasteiger partial charge in [0.05, 0.1) is 5.56 Å². The number of ketones is 1. The van der Waals surface area contributed by atoms with Gasteiger partial charge in [0.15, 0.2) is 12.4 Å². The largest absolute Gasteiger partial charge is 0.485 e. The lowest BCUT2D eigenvalue weighted by Crippen LogP contribution is -2.12. The van der Waals surface area contributed by atoms with Crippen molar-refractivity contribution in [1.82, 2.24) is 0 Å². The molecular formula is C15H11O3. The van der Waals surface area contributed by atoms with Crippen LogP contribution in [-0.2, 0) is 4.79 Å². The van der Waals surface area contributed by atoms with E-state index < -0.39 is 0 Å². The standard InChI is InChI=1S/C15H11O3/c16-10-13-8-4-5-9-15(13)18-11-14(17)12-6-2-1-3-7-12/h1-9H,11H2. The predicted octanol–water partition coefficient (Wildman–Crippen LogP) is 2.41. The Morgan fingerprint density at radius 1 is 1.00 bits per heavy atom. The zero-order chi connectivity index (χ0) is 12.8. The number of Topliss-reactive ketones (excluding diaryl/α,β-unsaturated/α-hetero) is 1. The third-order valence-corrected chi connectivity index (χ3v) is 2.45. The molecule has 0 aromatic heterocycles. The van der Waals surface area contributed by atoms with E-state index in [1.165, 1.54) is 0 Å². The first-order chi connectivity index (χ1) is 8.81. The predicted molar refractivity (Wildman–Crippen MR) is 67.5 cm³/mol. The minimum Gasteiger partial charge on any atom is -0.485 e. The Morgan fingerprint density at radius 2 is 1.67 bits per heavy atom. The van der Waals surface area contributed by atoms with Gasteiger partial charge in [-0.15, -0.1) is 0 Å². The minimum absolute atomic E-state index is 0.0945. The normalized spacial score (nSPS) is 9.78. The topological polar surface area (TPSA) is 43.4 Å². The van der Waals surface area contributed by atoms with Gasteiger partial charge in [-0.25, -0.2) is 0 Å². The van der Waals surface area contributed by atoms with Crippen LogP contribution in [0.3, 0.4) is 0 Å². The molecule has 0 saturated carbocycles. The zero-order valence-electron chi connectivity index (χ0n) is 9.63. The quantitative estimate of drug-likeness (QED) is 0.752. The second kappa shape index (κ2) is 5.77. The summed E-state index contributed by atoms with van der Waals surface area (Å²) in [6, 6.07) is 15.6. The summed E-state index contributed by atoms with van der Waals surface area (Å²) >= 11 is 0. The van der Waals surface area contributed by atoms with Crippen LogP contribution in [0.2, 0.25) is 0 Å². The second-order valence-electron chi connectivity index (χ2n) is 3.68. The van der Waals surface area contributed by atoms with Crippen molar-refractivity contribution in [3.63, 3.8) is 0 Å². The molecule has 3 nitrogen and oxygen atoms in total. The van der Waals surface area contributed by atoms with Crippen LogP contribution in [0.25, 0.3) is 0 Å². The Labute approximate surface area is 105 Å². The zero-order valence-corrected chi connectivity index (χ0v) is 9.63. The van der Waals surface area contributed by atoms with Gasteiger partial charge in [0.2, 0.25) is 6.29 Å². The molecule has 0 aliphatic carbocycles. The van der Waals surface area contributed by atoms with Crippen LogP contribution < -0.4 is 4.74 Å². The van der Waals surface area contributed by atoms with Gasteiger partial charge in [-0.05, 0) is 12.1 Å². The monoisotopic (exact) mass is 239 g/mol. The van der Waals surface area contributed by atoms with E-state index in [1.807, 2.05) is 6.07 Å². The first-order valence-electron chi connectivity index (χ1n) is 5.49. The summed E-state index contributed by atoms with van der Waals surface area (Å²) in [5, 5.41) is 0. The Hall–Kier alpha value is -2.42. The van der Waals surface area contributed by atoms with Gasteiger partial charge in [-0.2, -0.15) is 0 Å². The van der Waals surface area contributed by atoms with Crippen molar-refractivity contribution in [3.05, 3.63) is 65.7 Å². The highest BCUT2D eigenvalue weighted by Gasteiger charge is 2.08. The fourth-order valence-electron chi connectivity index (χ4n) is 1.53. The van der Waals surface area contributed by atoms with E-state index in [4.69, 9.17) is 4.74 Å². The molecule has 0 spiro atoms. The van der Waals surface area contributed by atoms with Crippen molar-refractivity contribution >= 4 is 12.1 Å². The highest BCUT2D eigenvalue weighted by Crippen LogP contribution is 2.15. The lowest BCUT2D eigenvalue weighted by Gasteiger charge is -2.06. The van der Waals surface area contributed by atoms with Crippen LogP contribution in [0.1, 0.15) is 15.9 Å². The fourth-order valence-corrected chi connectivity index (χ4v) is 1.53. The number of ether oxygens (including phenoxy) is 1. The number of rotatable bonds is 5. The molecule has 0 aliphatic heterocycles. The molecule has 2 aromatic rings. The molecular weight excluding hydrogens is 228 g/mol. The number of benzene rings is 2. The summed E-state index contributed by atoms with van der Waals surface area (Å²) in [6.07, 6.45) is 1.77. The van der Waals surface area contributed by atoms with Crippen LogP contribution >= 0.6 is 0 Å². The molecule has 89 valence electrons. The van der Waals surface area contributed by atoms with Gasteiger partial charge < -0.3 is 4.74 Å². The van der Waals surface area contributed by atoms with Crippen LogP contribution in [-0.4, -0.2) is 18.7 Å². The molecule has 0 aliphatic rings. The van der Waals surface area contributed by atoms with E-state index in [1.54, 1.807) is 54.8 Å². The average Bonchev–Trinajstić information content (AvgIpc) is 2.46. The molecule has 0 N–H and O–H groups in total. The Bertz CT molecular complexity index is 547. The highest BCUT2D eigenvalue weighted by molar-refractivity contribution is 5.97. The van der Waals surface area contributed by atoms with Gasteiger partial charge >= 0.3 is 0 Å². The van der Waals surface area contributed by atoms with Crippen LogP contribution in [0.4, 0.5) is 0 Å². The van der Waals surface area contributed by atoms with Gasteiger partial charge in [0.1, 0.15) is 5.75 Å². The minimum atomic E-state index is -0.128. The maximum Gasteiger partial charge on any atom is 0.237 e. The molecule has 0 amide bonds. The summed E-state index contributed by atoms with van der Waals surface area (Å²) in [7, 11) is 0. The van der Waals surface area contributed by atoms with Gasteiger partial charge in [-0.1, -0.05) is 42.5 Å². The summed E-state index contributed by atoms with van der Waals surface area (Å²) in [4.78, 5) is 22.4. The number of para-hydroxylation sites is 1. The van der Waals surface area contributed by atoms with Gasteiger partial charge in [0.25, 0.3) is 0 Å². The molecule has 2 aromatic carbocycles. The molecule has 0 bridgehead atoms. The Kier molecular flexibility index (Phi) is 3.86. The van der Waals surface area contributed by atoms with E-state index in [2.05, 4.69) is 0 Å². The molecule has 0 unspecified atom stereocenters. The molecule has 0 saturated heterocycles. The van der Waals surface area contributed by atoms with Gasteiger partial charge in [-0.3, -0.25) is 9.59 Å².